The zero-order valence-electron chi connectivity index (χ0n) is 11.4. The van der Waals surface area contributed by atoms with Crippen molar-refractivity contribution < 1.29 is 17.9 Å². The molecule has 0 aromatic heterocycles. The first kappa shape index (κ1) is 16.1. The quantitative estimate of drug-likeness (QED) is 0.840. The first-order valence-electron chi connectivity index (χ1n) is 6.17. The fourth-order valence-corrected chi connectivity index (χ4v) is 2.82. The Morgan fingerprint density at radius 2 is 2.00 bits per heavy atom. The summed E-state index contributed by atoms with van der Waals surface area (Å²) in [5.74, 6) is -0.881. The Bertz CT molecular complexity index is 528. The summed E-state index contributed by atoms with van der Waals surface area (Å²) in [5, 5.41) is 10.1. The van der Waals surface area contributed by atoms with Crippen molar-refractivity contribution in [2.24, 2.45) is 5.92 Å². The van der Waals surface area contributed by atoms with Crippen LogP contribution in [0.1, 0.15) is 27.2 Å². The van der Waals surface area contributed by atoms with Gasteiger partial charge in [0.05, 0.1) is 5.60 Å². The minimum atomic E-state index is -3.95. The van der Waals surface area contributed by atoms with Crippen molar-refractivity contribution in [3.63, 3.8) is 0 Å². The third kappa shape index (κ3) is 3.99. The lowest BCUT2D eigenvalue weighted by Gasteiger charge is -2.29. The zero-order chi connectivity index (χ0) is 14.7. The van der Waals surface area contributed by atoms with E-state index in [9.17, 15) is 17.9 Å². The normalized spacial score (nSPS) is 16.9. The number of sulfonamides is 1. The van der Waals surface area contributed by atoms with Crippen LogP contribution < -0.4 is 4.72 Å². The van der Waals surface area contributed by atoms with Crippen LogP contribution >= 0.6 is 0 Å². The Morgan fingerprint density at radius 3 is 2.53 bits per heavy atom. The van der Waals surface area contributed by atoms with Gasteiger partial charge >= 0.3 is 0 Å². The monoisotopic (exact) mass is 289 g/mol. The number of nitrogens with one attached hydrogen (secondary N) is 1. The van der Waals surface area contributed by atoms with E-state index < -0.39 is 26.3 Å². The fraction of sp³-hybridized carbons (Fsp3) is 0.538. The maximum absolute atomic E-state index is 13.4. The summed E-state index contributed by atoms with van der Waals surface area (Å²) in [4.78, 5) is -0.407. The molecule has 108 valence electrons. The molecule has 1 aromatic rings. The van der Waals surface area contributed by atoms with Gasteiger partial charge in [0.25, 0.3) is 0 Å². The van der Waals surface area contributed by atoms with Gasteiger partial charge in [0, 0.05) is 6.54 Å². The zero-order valence-corrected chi connectivity index (χ0v) is 12.2. The molecule has 2 N–H and O–H groups in total. The second kappa shape index (κ2) is 5.98. The first-order valence-corrected chi connectivity index (χ1v) is 7.65. The van der Waals surface area contributed by atoms with Crippen molar-refractivity contribution in [3.8, 4) is 0 Å². The van der Waals surface area contributed by atoms with Crippen LogP contribution in [0.3, 0.4) is 0 Å². The molecule has 19 heavy (non-hydrogen) atoms. The van der Waals surface area contributed by atoms with Crippen molar-refractivity contribution in [2.75, 3.05) is 6.54 Å². The van der Waals surface area contributed by atoms with Gasteiger partial charge in [0.2, 0.25) is 10.0 Å². The fourth-order valence-electron chi connectivity index (χ4n) is 1.60. The van der Waals surface area contributed by atoms with E-state index in [1.54, 1.807) is 6.92 Å². The van der Waals surface area contributed by atoms with Gasteiger partial charge in [-0.15, -0.1) is 0 Å². The van der Waals surface area contributed by atoms with Crippen LogP contribution in [0.15, 0.2) is 29.2 Å². The number of benzene rings is 1. The van der Waals surface area contributed by atoms with Crippen molar-refractivity contribution in [2.45, 2.75) is 37.7 Å². The topological polar surface area (TPSA) is 66.4 Å². The molecule has 0 fully saturated rings. The van der Waals surface area contributed by atoms with Crippen LogP contribution in [0.25, 0.3) is 0 Å². The average molecular weight is 289 g/mol. The standard InChI is InChI=1S/C13H20FNO3S/c1-4-10(2)13(3,16)9-15-19(17,18)12-8-6-5-7-11(12)14/h5-8,10,15-16H,4,9H2,1-3H3. The van der Waals surface area contributed by atoms with Crippen molar-refractivity contribution in [3.05, 3.63) is 30.1 Å². The van der Waals surface area contributed by atoms with Crippen LogP contribution in [0.4, 0.5) is 4.39 Å². The second-order valence-electron chi connectivity index (χ2n) is 4.92. The highest BCUT2D eigenvalue weighted by Crippen LogP contribution is 2.20. The third-order valence-electron chi connectivity index (χ3n) is 3.42. The molecule has 0 radical (unpaired) electrons. The molecule has 0 heterocycles. The van der Waals surface area contributed by atoms with E-state index in [4.69, 9.17) is 0 Å². The van der Waals surface area contributed by atoms with E-state index in [-0.39, 0.29) is 12.5 Å². The largest absolute Gasteiger partial charge is 0.389 e. The highest BCUT2D eigenvalue weighted by Gasteiger charge is 2.29. The molecule has 0 saturated heterocycles. The smallest absolute Gasteiger partial charge is 0.243 e. The van der Waals surface area contributed by atoms with Gasteiger partial charge in [-0.1, -0.05) is 32.4 Å². The molecule has 0 aliphatic carbocycles. The van der Waals surface area contributed by atoms with Crippen LogP contribution in [-0.2, 0) is 10.0 Å². The van der Waals surface area contributed by atoms with E-state index in [0.717, 1.165) is 6.07 Å². The van der Waals surface area contributed by atoms with Gasteiger partial charge in [0.1, 0.15) is 10.7 Å². The molecule has 0 amide bonds. The minimum Gasteiger partial charge on any atom is -0.389 e. The first-order chi connectivity index (χ1) is 8.70. The number of halogens is 1. The Balaban J connectivity index is 2.86. The molecule has 4 nitrogen and oxygen atoms in total. The predicted octanol–water partition coefficient (Wildman–Crippen LogP) is 1.90. The summed E-state index contributed by atoms with van der Waals surface area (Å²) in [5.41, 5.74) is -1.17. The summed E-state index contributed by atoms with van der Waals surface area (Å²) in [6.45, 7) is 5.14. The van der Waals surface area contributed by atoms with Crippen LogP contribution in [0, 0.1) is 11.7 Å². The molecule has 1 aromatic carbocycles. The molecule has 2 atom stereocenters. The summed E-state index contributed by atoms with van der Waals surface area (Å²) in [6, 6.07) is 5.14. The number of hydrogen-bond acceptors (Lipinski definition) is 3. The second-order valence-corrected chi connectivity index (χ2v) is 6.66. The molecular formula is C13H20FNO3S. The molecule has 0 spiro atoms. The molecule has 0 aliphatic heterocycles. The van der Waals surface area contributed by atoms with E-state index >= 15 is 0 Å². The minimum absolute atomic E-state index is 0.0733. The summed E-state index contributed by atoms with van der Waals surface area (Å²) in [7, 11) is -3.95. The van der Waals surface area contributed by atoms with Crippen molar-refractivity contribution >= 4 is 10.0 Å². The van der Waals surface area contributed by atoms with Crippen molar-refractivity contribution in [1.82, 2.24) is 4.72 Å². The lowest BCUT2D eigenvalue weighted by molar-refractivity contribution is 0.0102. The molecule has 2 unspecified atom stereocenters. The summed E-state index contributed by atoms with van der Waals surface area (Å²) in [6.07, 6.45) is 0.717. The van der Waals surface area contributed by atoms with E-state index in [0.29, 0.717) is 6.42 Å². The lowest BCUT2D eigenvalue weighted by atomic mass is 9.89. The third-order valence-corrected chi connectivity index (χ3v) is 4.85. The van der Waals surface area contributed by atoms with Gasteiger partial charge in [-0.2, -0.15) is 0 Å². The highest BCUT2D eigenvalue weighted by atomic mass is 32.2. The van der Waals surface area contributed by atoms with Crippen LogP contribution in [0.2, 0.25) is 0 Å². The van der Waals surface area contributed by atoms with Crippen molar-refractivity contribution in [1.29, 1.82) is 0 Å². The predicted molar refractivity (Wildman–Crippen MR) is 71.7 cm³/mol. The van der Waals surface area contributed by atoms with E-state index in [1.165, 1.54) is 18.2 Å². The molecule has 6 heteroatoms. The van der Waals surface area contributed by atoms with E-state index in [1.807, 2.05) is 13.8 Å². The van der Waals surface area contributed by atoms with Gasteiger partial charge in [0.15, 0.2) is 0 Å². The Kier molecular flexibility index (Phi) is 5.06. The Morgan fingerprint density at radius 1 is 1.42 bits per heavy atom. The maximum Gasteiger partial charge on any atom is 0.243 e. The van der Waals surface area contributed by atoms with Gasteiger partial charge in [-0.3, -0.25) is 0 Å². The van der Waals surface area contributed by atoms with Crippen LogP contribution in [0.5, 0.6) is 0 Å². The summed E-state index contributed by atoms with van der Waals surface area (Å²) < 4.78 is 39.6. The maximum atomic E-state index is 13.4. The molecule has 0 saturated carbocycles. The molecular weight excluding hydrogens is 269 g/mol. The molecule has 0 bridgehead atoms. The number of rotatable bonds is 6. The Hall–Kier alpha value is -0.980. The number of aliphatic hydroxyl groups is 1. The number of hydrogen-bond donors (Lipinski definition) is 2. The SMILES string of the molecule is CCC(C)C(C)(O)CNS(=O)(=O)c1ccccc1F. The van der Waals surface area contributed by atoms with Crippen LogP contribution in [-0.4, -0.2) is 25.7 Å². The lowest BCUT2D eigenvalue weighted by Crippen LogP contribution is -2.45. The summed E-state index contributed by atoms with van der Waals surface area (Å²) >= 11 is 0. The molecule has 0 aliphatic rings. The Labute approximate surface area is 113 Å². The van der Waals surface area contributed by atoms with Gasteiger partial charge < -0.3 is 5.11 Å². The van der Waals surface area contributed by atoms with Gasteiger partial charge in [-0.05, 0) is 25.0 Å². The van der Waals surface area contributed by atoms with E-state index in [2.05, 4.69) is 4.72 Å². The molecule has 1 rings (SSSR count). The average Bonchev–Trinajstić information content (AvgIpc) is 2.36. The van der Waals surface area contributed by atoms with Gasteiger partial charge in [-0.25, -0.2) is 17.5 Å². The highest BCUT2D eigenvalue weighted by molar-refractivity contribution is 7.89.